The number of carbonyl (C=O) groups excluding carboxylic acids is 1. The fourth-order valence-electron chi connectivity index (χ4n) is 2.49. The molecule has 7 heteroatoms. The predicted molar refractivity (Wildman–Crippen MR) is 97.9 cm³/mol. The molecule has 0 saturated heterocycles. The van der Waals surface area contributed by atoms with E-state index in [2.05, 4.69) is 10.1 Å². The van der Waals surface area contributed by atoms with Gasteiger partial charge >= 0.3 is 5.97 Å². The molecule has 0 spiro atoms. The molecule has 0 N–H and O–H groups in total. The molecular weight excluding hydrogens is 348 g/mol. The number of carbonyl (C=O) groups is 1. The third-order valence-corrected chi connectivity index (χ3v) is 4.19. The van der Waals surface area contributed by atoms with Crippen LogP contribution in [0.2, 0.25) is 0 Å². The number of aromatic nitrogens is 2. The van der Waals surface area contributed by atoms with E-state index < -0.39 is 5.97 Å². The van der Waals surface area contributed by atoms with Crippen molar-refractivity contribution in [2.75, 3.05) is 14.2 Å². The quantitative estimate of drug-likeness (QED) is 0.613. The van der Waals surface area contributed by atoms with E-state index in [1.165, 1.54) is 0 Å². The van der Waals surface area contributed by atoms with Crippen LogP contribution in [0, 0.1) is 13.8 Å². The van der Waals surface area contributed by atoms with Gasteiger partial charge in [0.1, 0.15) is 11.5 Å². The van der Waals surface area contributed by atoms with Crippen molar-refractivity contribution < 1.29 is 23.5 Å². The van der Waals surface area contributed by atoms with Gasteiger partial charge in [-0.05, 0) is 49.2 Å². The number of benzene rings is 2. The van der Waals surface area contributed by atoms with Gasteiger partial charge in [0.25, 0.3) is 5.89 Å². The van der Waals surface area contributed by atoms with E-state index >= 15 is 0 Å². The average Bonchev–Trinajstić information content (AvgIpc) is 3.16. The van der Waals surface area contributed by atoms with Crippen molar-refractivity contribution in [2.45, 2.75) is 20.5 Å². The summed E-state index contributed by atoms with van der Waals surface area (Å²) in [5.74, 6) is 1.29. The summed E-state index contributed by atoms with van der Waals surface area (Å²) < 4.78 is 21.0. The van der Waals surface area contributed by atoms with Crippen LogP contribution in [0.15, 0.2) is 40.9 Å². The number of hydrogen-bond acceptors (Lipinski definition) is 7. The second-order valence-corrected chi connectivity index (χ2v) is 5.95. The monoisotopic (exact) mass is 368 g/mol. The highest BCUT2D eigenvalue weighted by molar-refractivity contribution is 5.89. The Hall–Kier alpha value is -3.35. The standard InChI is InChI=1S/C20H20N2O5/c1-12-5-6-14(9-13(12)2)20(23)26-11-18-21-19(22-27-18)16-8-7-15(24-3)10-17(16)25-4/h5-10H,11H2,1-4H3. The Kier molecular flexibility index (Phi) is 5.40. The maximum Gasteiger partial charge on any atom is 0.338 e. The lowest BCUT2D eigenvalue weighted by molar-refractivity contribution is 0.0429. The first-order chi connectivity index (χ1) is 13.0. The summed E-state index contributed by atoms with van der Waals surface area (Å²) >= 11 is 0. The molecule has 0 unspecified atom stereocenters. The van der Waals surface area contributed by atoms with Gasteiger partial charge in [0, 0.05) is 6.07 Å². The highest BCUT2D eigenvalue weighted by Crippen LogP contribution is 2.31. The van der Waals surface area contributed by atoms with E-state index in [1.54, 1.807) is 44.6 Å². The Morgan fingerprint density at radius 1 is 1.04 bits per heavy atom. The number of aryl methyl sites for hydroxylation is 2. The fraction of sp³-hybridized carbons (Fsp3) is 0.250. The zero-order valence-electron chi connectivity index (χ0n) is 15.6. The zero-order valence-corrected chi connectivity index (χ0v) is 15.6. The number of hydrogen-bond donors (Lipinski definition) is 0. The topological polar surface area (TPSA) is 83.7 Å². The van der Waals surface area contributed by atoms with E-state index in [-0.39, 0.29) is 12.5 Å². The van der Waals surface area contributed by atoms with Crippen LogP contribution in [0.4, 0.5) is 0 Å². The molecular formula is C20H20N2O5. The minimum atomic E-state index is -0.445. The largest absolute Gasteiger partial charge is 0.497 e. The molecule has 1 heterocycles. The van der Waals surface area contributed by atoms with Crippen molar-refractivity contribution in [1.29, 1.82) is 0 Å². The number of nitrogens with zero attached hydrogens (tertiary/aromatic N) is 2. The summed E-state index contributed by atoms with van der Waals surface area (Å²) in [5, 5.41) is 3.93. The summed E-state index contributed by atoms with van der Waals surface area (Å²) in [6.07, 6.45) is 0. The Morgan fingerprint density at radius 2 is 1.85 bits per heavy atom. The second kappa shape index (κ2) is 7.90. The van der Waals surface area contributed by atoms with Gasteiger partial charge in [0.05, 0.1) is 25.3 Å². The molecule has 140 valence electrons. The van der Waals surface area contributed by atoms with Crippen LogP contribution in [-0.4, -0.2) is 30.3 Å². The van der Waals surface area contributed by atoms with Crippen molar-refractivity contribution >= 4 is 5.97 Å². The highest BCUT2D eigenvalue weighted by Gasteiger charge is 2.16. The number of rotatable bonds is 6. The SMILES string of the molecule is COc1ccc(-c2noc(COC(=O)c3ccc(C)c(C)c3)n2)c(OC)c1. The molecule has 7 nitrogen and oxygen atoms in total. The summed E-state index contributed by atoms with van der Waals surface area (Å²) in [7, 11) is 3.12. The third-order valence-electron chi connectivity index (χ3n) is 4.19. The molecule has 0 amide bonds. The first kappa shape index (κ1) is 18.4. The maximum atomic E-state index is 12.2. The number of esters is 1. The van der Waals surface area contributed by atoms with Crippen molar-refractivity contribution in [3.05, 3.63) is 59.0 Å². The molecule has 3 rings (SSSR count). The van der Waals surface area contributed by atoms with Crippen LogP contribution in [0.25, 0.3) is 11.4 Å². The molecule has 0 bridgehead atoms. The molecule has 0 aliphatic rings. The Morgan fingerprint density at radius 3 is 2.56 bits per heavy atom. The summed E-state index contributed by atoms with van der Waals surface area (Å²) in [6.45, 7) is 3.81. The number of ether oxygens (including phenoxy) is 3. The van der Waals surface area contributed by atoms with Crippen molar-refractivity contribution in [2.24, 2.45) is 0 Å². The Balaban J connectivity index is 1.71. The molecule has 2 aromatic carbocycles. The van der Waals surface area contributed by atoms with Crippen LogP contribution < -0.4 is 9.47 Å². The Labute approximate surface area is 156 Å². The van der Waals surface area contributed by atoms with Crippen LogP contribution >= 0.6 is 0 Å². The smallest absolute Gasteiger partial charge is 0.338 e. The summed E-state index contributed by atoms with van der Waals surface area (Å²) in [5.41, 5.74) is 3.26. The van der Waals surface area contributed by atoms with Crippen molar-refractivity contribution in [3.8, 4) is 22.9 Å². The van der Waals surface area contributed by atoms with Gasteiger partial charge in [-0.25, -0.2) is 4.79 Å². The average molecular weight is 368 g/mol. The molecule has 0 radical (unpaired) electrons. The van der Waals surface area contributed by atoms with Gasteiger partial charge in [0.15, 0.2) is 6.61 Å². The third kappa shape index (κ3) is 4.08. The van der Waals surface area contributed by atoms with E-state index in [1.807, 2.05) is 19.9 Å². The van der Waals surface area contributed by atoms with Gasteiger partial charge in [-0.2, -0.15) is 4.98 Å². The zero-order chi connectivity index (χ0) is 19.4. The summed E-state index contributed by atoms with van der Waals surface area (Å²) in [6, 6.07) is 10.7. The van der Waals surface area contributed by atoms with Crippen molar-refractivity contribution in [1.82, 2.24) is 10.1 Å². The normalized spacial score (nSPS) is 10.5. The van der Waals surface area contributed by atoms with Crippen LogP contribution in [0.3, 0.4) is 0 Å². The first-order valence-electron chi connectivity index (χ1n) is 8.31. The minimum Gasteiger partial charge on any atom is -0.497 e. The van der Waals surface area contributed by atoms with E-state index in [9.17, 15) is 4.79 Å². The predicted octanol–water partition coefficient (Wildman–Crippen LogP) is 3.73. The van der Waals surface area contributed by atoms with Crippen LogP contribution in [0.5, 0.6) is 11.5 Å². The lowest BCUT2D eigenvalue weighted by Gasteiger charge is -2.07. The molecule has 0 atom stereocenters. The van der Waals surface area contributed by atoms with E-state index in [4.69, 9.17) is 18.7 Å². The second-order valence-electron chi connectivity index (χ2n) is 5.95. The first-order valence-corrected chi connectivity index (χ1v) is 8.31. The van der Waals surface area contributed by atoms with Crippen LogP contribution in [0.1, 0.15) is 27.4 Å². The molecule has 3 aromatic rings. The Bertz CT molecular complexity index is 965. The van der Waals surface area contributed by atoms with Crippen molar-refractivity contribution in [3.63, 3.8) is 0 Å². The molecule has 27 heavy (non-hydrogen) atoms. The lowest BCUT2D eigenvalue weighted by atomic mass is 10.1. The van der Waals surface area contributed by atoms with Gasteiger partial charge in [-0.3, -0.25) is 0 Å². The fourth-order valence-corrected chi connectivity index (χ4v) is 2.49. The highest BCUT2D eigenvalue weighted by atomic mass is 16.6. The lowest BCUT2D eigenvalue weighted by Crippen LogP contribution is -2.06. The molecule has 1 aromatic heterocycles. The van der Waals surface area contributed by atoms with E-state index in [0.717, 1.165) is 11.1 Å². The van der Waals surface area contributed by atoms with E-state index in [0.29, 0.717) is 28.5 Å². The molecule has 0 saturated carbocycles. The van der Waals surface area contributed by atoms with Gasteiger partial charge < -0.3 is 18.7 Å². The van der Waals surface area contributed by atoms with Gasteiger partial charge in [-0.15, -0.1) is 0 Å². The van der Waals surface area contributed by atoms with Gasteiger partial charge in [0.2, 0.25) is 5.82 Å². The summed E-state index contributed by atoms with van der Waals surface area (Å²) in [4.78, 5) is 16.4. The number of methoxy groups -OCH3 is 2. The molecule has 0 aliphatic carbocycles. The minimum absolute atomic E-state index is 0.114. The maximum absolute atomic E-state index is 12.2. The molecule has 0 fully saturated rings. The van der Waals surface area contributed by atoms with Crippen LogP contribution in [-0.2, 0) is 11.3 Å². The van der Waals surface area contributed by atoms with Gasteiger partial charge in [-0.1, -0.05) is 11.2 Å². The molecule has 0 aliphatic heterocycles.